The second-order valence-corrected chi connectivity index (χ2v) is 8.69. The summed E-state index contributed by atoms with van der Waals surface area (Å²) in [6.45, 7) is 9.23. The summed E-state index contributed by atoms with van der Waals surface area (Å²) in [5.74, 6) is 0.885. The van der Waals surface area contributed by atoms with Crippen LogP contribution in [-0.2, 0) is 0 Å². The van der Waals surface area contributed by atoms with Crippen LogP contribution in [0.4, 0.5) is 11.4 Å². The number of aliphatic hydroxyl groups excluding tert-OH is 1. The lowest BCUT2D eigenvalue weighted by Gasteiger charge is -2.36. The largest absolute Gasteiger partial charge is 0.490 e. The van der Waals surface area contributed by atoms with Gasteiger partial charge in [0.15, 0.2) is 0 Å². The number of likely N-dealkylation sites (tertiary alicyclic amines) is 1. The van der Waals surface area contributed by atoms with Gasteiger partial charge in [0.1, 0.15) is 18.5 Å². The molecule has 1 heterocycles. The van der Waals surface area contributed by atoms with Gasteiger partial charge in [0.2, 0.25) is 0 Å². The standard InChI is InChI=1S/C25H37N3O2/c1-18-6-7-19(2)25(20(18)3)30-17-24(29)16-26-21-8-10-22(11-9-21)28(5)23-12-14-27(4)15-13-23/h6-11,23-24,26,29H,12-17H2,1-5H3. The van der Waals surface area contributed by atoms with Crippen LogP contribution in [0, 0.1) is 20.8 Å². The highest BCUT2D eigenvalue weighted by Crippen LogP contribution is 2.26. The molecule has 5 nitrogen and oxygen atoms in total. The van der Waals surface area contributed by atoms with E-state index >= 15 is 0 Å². The van der Waals surface area contributed by atoms with Crippen molar-refractivity contribution < 1.29 is 9.84 Å². The number of nitrogens with zero attached hydrogens (tertiary/aromatic N) is 2. The Balaban J connectivity index is 1.47. The molecule has 1 aliphatic rings. The predicted molar refractivity (Wildman–Crippen MR) is 126 cm³/mol. The highest BCUT2D eigenvalue weighted by atomic mass is 16.5. The Kier molecular flexibility index (Phi) is 7.62. The minimum Gasteiger partial charge on any atom is -0.490 e. The Hall–Kier alpha value is -2.24. The molecule has 1 fully saturated rings. The first-order chi connectivity index (χ1) is 14.3. The van der Waals surface area contributed by atoms with E-state index in [4.69, 9.17) is 4.74 Å². The average molecular weight is 412 g/mol. The minimum atomic E-state index is -0.578. The van der Waals surface area contributed by atoms with Gasteiger partial charge in [-0.3, -0.25) is 0 Å². The van der Waals surface area contributed by atoms with Gasteiger partial charge in [0, 0.05) is 31.0 Å². The van der Waals surface area contributed by atoms with Crippen LogP contribution in [0.25, 0.3) is 0 Å². The molecule has 3 rings (SSSR count). The lowest BCUT2D eigenvalue weighted by Crippen LogP contribution is -2.41. The van der Waals surface area contributed by atoms with Crippen LogP contribution in [0.3, 0.4) is 0 Å². The molecule has 1 atom stereocenters. The average Bonchev–Trinajstić information content (AvgIpc) is 2.75. The van der Waals surface area contributed by atoms with Crippen molar-refractivity contribution in [3.05, 3.63) is 53.1 Å². The molecule has 0 radical (unpaired) electrons. The van der Waals surface area contributed by atoms with E-state index in [9.17, 15) is 5.11 Å². The van der Waals surface area contributed by atoms with Gasteiger partial charge in [-0.15, -0.1) is 0 Å². The number of aliphatic hydroxyl groups is 1. The molecule has 30 heavy (non-hydrogen) atoms. The number of hydrogen-bond acceptors (Lipinski definition) is 5. The van der Waals surface area contributed by atoms with E-state index in [0.29, 0.717) is 12.6 Å². The van der Waals surface area contributed by atoms with Gasteiger partial charge in [-0.25, -0.2) is 0 Å². The third-order valence-corrected chi connectivity index (χ3v) is 6.35. The van der Waals surface area contributed by atoms with Crippen molar-refractivity contribution in [2.24, 2.45) is 0 Å². The zero-order chi connectivity index (χ0) is 21.7. The number of hydrogen-bond donors (Lipinski definition) is 2. The van der Waals surface area contributed by atoms with E-state index in [2.05, 4.69) is 79.5 Å². The van der Waals surface area contributed by atoms with E-state index in [-0.39, 0.29) is 6.61 Å². The summed E-state index contributed by atoms with van der Waals surface area (Å²) in [4.78, 5) is 4.79. The normalized spacial score (nSPS) is 16.3. The lowest BCUT2D eigenvalue weighted by molar-refractivity contribution is 0.117. The van der Waals surface area contributed by atoms with E-state index in [0.717, 1.165) is 35.7 Å². The number of aryl methyl sites for hydroxylation is 2. The number of ether oxygens (including phenoxy) is 1. The fourth-order valence-corrected chi connectivity index (χ4v) is 4.03. The molecular weight excluding hydrogens is 374 g/mol. The zero-order valence-corrected chi connectivity index (χ0v) is 19.1. The smallest absolute Gasteiger partial charge is 0.125 e. The molecule has 1 aliphatic heterocycles. The summed E-state index contributed by atoms with van der Waals surface area (Å²) in [7, 11) is 4.38. The molecule has 164 valence electrons. The first-order valence-electron chi connectivity index (χ1n) is 11.0. The molecular formula is C25H37N3O2. The molecule has 2 aromatic rings. The molecule has 0 amide bonds. The van der Waals surface area contributed by atoms with Gasteiger partial charge in [-0.1, -0.05) is 12.1 Å². The van der Waals surface area contributed by atoms with E-state index in [1.807, 2.05) is 6.92 Å². The second-order valence-electron chi connectivity index (χ2n) is 8.69. The predicted octanol–water partition coefficient (Wildman–Crippen LogP) is 3.99. The van der Waals surface area contributed by atoms with Crippen LogP contribution in [0.1, 0.15) is 29.5 Å². The van der Waals surface area contributed by atoms with Crippen LogP contribution in [0.15, 0.2) is 36.4 Å². The van der Waals surface area contributed by atoms with Crippen molar-refractivity contribution in [2.75, 3.05) is 50.6 Å². The molecule has 0 spiro atoms. The molecule has 0 aromatic heterocycles. The fraction of sp³-hybridized carbons (Fsp3) is 0.520. The van der Waals surface area contributed by atoms with Crippen LogP contribution in [-0.4, -0.2) is 62.5 Å². The zero-order valence-electron chi connectivity index (χ0n) is 19.1. The van der Waals surface area contributed by atoms with Crippen LogP contribution >= 0.6 is 0 Å². The number of piperidine rings is 1. The summed E-state index contributed by atoms with van der Waals surface area (Å²) >= 11 is 0. The third-order valence-electron chi connectivity index (χ3n) is 6.35. The van der Waals surface area contributed by atoms with E-state index < -0.39 is 6.10 Å². The van der Waals surface area contributed by atoms with E-state index in [1.165, 1.54) is 24.1 Å². The summed E-state index contributed by atoms with van der Waals surface area (Å²) < 4.78 is 5.92. The highest BCUT2D eigenvalue weighted by Gasteiger charge is 2.20. The number of nitrogens with one attached hydrogen (secondary N) is 1. The van der Waals surface area contributed by atoms with Gasteiger partial charge in [0.05, 0.1) is 0 Å². The second kappa shape index (κ2) is 10.2. The third kappa shape index (κ3) is 5.67. The van der Waals surface area contributed by atoms with Crippen molar-refractivity contribution in [2.45, 2.75) is 45.8 Å². The quantitative estimate of drug-likeness (QED) is 0.688. The lowest BCUT2D eigenvalue weighted by atomic mass is 10.0. The monoisotopic (exact) mass is 411 g/mol. The molecule has 1 saturated heterocycles. The Labute approximate surface area is 181 Å². The summed E-state index contributed by atoms with van der Waals surface area (Å²) in [5.41, 5.74) is 5.69. The molecule has 0 saturated carbocycles. The molecule has 1 unspecified atom stereocenters. The fourth-order valence-electron chi connectivity index (χ4n) is 4.03. The van der Waals surface area contributed by atoms with Crippen molar-refractivity contribution in [1.82, 2.24) is 4.90 Å². The molecule has 2 N–H and O–H groups in total. The van der Waals surface area contributed by atoms with Gasteiger partial charge in [0.25, 0.3) is 0 Å². The van der Waals surface area contributed by atoms with Crippen molar-refractivity contribution in [3.8, 4) is 5.75 Å². The van der Waals surface area contributed by atoms with Gasteiger partial charge in [-0.05, 0) is 94.7 Å². The first kappa shape index (κ1) is 22.4. The highest BCUT2D eigenvalue weighted by molar-refractivity contribution is 5.55. The summed E-state index contributed by atoms with van der Waals surface area (Å²) in [5, 5.41) is 13.7. The minimum absolute atomic E-state index is 0.273. The molecule has 5 heteroatoms. The van der Waals surface area contributed by atoms with Crippen LogP contribution in [0.2, 0.25) is 0 Å². The van der Waals surface area contributed by atoms with Gasteiger partial charge >= 0.3 is 0 Å². The number of rotatable bonds is 8. The maximum atomic E-state index is 10.4. The van der Waals surface area contributed by atoms with Crippen molar-refractivity contribution in [3.63, 3.8) is 0 Å². The topological polar surface area (TPSA) is 48.0 Å². The maximum absolute atomic E-state index is 10.4. The Morgan fingerprint density at radius 3 is 2.37 bits per heavy atom. The first-order valence-corrected chi connectivity index (χ1v) is 11.0. The van der Waals surface area contributed by atoms with Gasteiger partial charge in [-0.2, -0.15) is 0 Å². The summed E-state index contributed by atoms with van der Waals surface area (Å²) in [6, 6.07) is 13.3. The molecule has 0 bridgehead atoms. The van der Waals surface area contributed by atoms with Crippen LogP contribution < -0.4 is 15.0 Å². The van der Waals surface area contributed by atoms with Gasteiger partial charge < -0.3 is 25.0 Å². The SMILES string of the molecule is Cc1ccc(C)c(OCC(O)CNc2ccc(N(C)C3CCN(C)CC3)cc2)c1C. The Morgan fingerprint density at radius 1 is 1.07 bits per heavy atom. The Bertz CT molecular complexity index is 814. The summed E-state index contributed by atoms with van der Waals surface area (Å²) in [6.07, 6.45) is 1.84. The van der Waals surface area contributed by atoms with Crippen LogP contribution in [0.5, 0.6) is 5.75 Å². The molecule has 2 aromatic carbocycles. The van der Waals surface area contributed by atoms with E-state index in [1.54, 1.807) is 0 Å². The maximum Gasteiger partial charge on any atom is 0.125 e. The number of anilines is 2. The molecule has 0 aliphatic carbocycles. The van der Waals surface area contributed by atoms with Crippen molar-refractivity contribution in [1.29, 1.82) is 0 Å². The number of benzene rings is 2. The Morgan fingerprint density at radius 2 is 1.70 bits per heavy atom. The van der Waals surface area contributed by atoms with Crippen molar-refractivity contribution >= 4 is 11.4 Å².